The number of aliphatic imine (C=N–C) groups is 1. The molecule has 0 bridgehead atoms. The van der Waals surface area contributed by atoms with Crippen LogP contribution in [0.4, 0.5) is 14.6 Å². The number of hydrogen-bond acceptors (Lipinski definition) is 6. The number of benzene rings is 1. The van der Waals surface area contributed by atoms with Crippen LogP contribution in [0.15, 0.2) is 105 Å². The number of aromatic nitrogens is 2. The number of unbranched alkanes of at least 4 members (excludes halogenated alkanes) is 3. The van der Waals surface area contributed by atoms with E-state index in [1.807, 2.05) is 53.7 Å². The van der Waals surface area contributed by atoms with Gasteiger partial charge in [-0.05, 0) is 68.0 Å². The number of ether oxygens (including phenoxy) is 1. The molecule has 0 spiro atoms. The number of alkyl halides is 1. The van der Waals surface area contributed by atoms with Crippen molar-refractivity contribution >= 4 is 18.1 Å². The van der Waals surface area contributed by atoms with Crippen molar-refractivity contribution in [3.63, 3.8) is 0 Å². The maximum atomic E-state index is 15.4. The van der Waals surface area contributed by atoms with Gasteiger partial charge in [0.15, 0.2) is 12.2 Å². The standard InChI is InChI=1S/C30H42FN5O3.C7H7F.2C2H6/c1-6-9-11-12-14-28-34-27(32-4)19-29(37)36(28)20-23-16-15-22(17-18-26(23)31)24(8-3)25(13-10-7-2)30(35-38)33-21-39-5;1-6-2-4-7(8)5-3-6;2*1-2/h7-8,15-19,21,25-26,32,38H,2,6,9-14,20H2,1,3-5H3;2-5H,1H3;2*1-2H3/b24-8-,33-21?,35-30-;;;. The first-order chi connectivity index (χ1) is 24.7. The lowest BCUT2D eigenvalue weighted by Crippen LogP contribution is -2.27. The topological polar surface area (TPSA) is 101 Å². The Hall–Kier alpha value is -4.60. The summed E-state index contributed by atoms with van der Waals surface area (Å²) in [5, 5.41) is 16.0. The molecule has 1 aliphatic rings. The normalized spacial score (nSPS) is 14.7. The van der Waals surface area contributed by atoms with Crippen molar-refractivity contribution in [2.75, 3.05) is 19.5 Å². The van der Waals surface area contributed by atoms with Crippen LogP contribution in [0.5, 0.6) is 0 Å². The zero-order valence-corrected chi connectivity index (χ0v) is 32.3. The highest BCUT2D eigenvalue weighted by molar-refractivity contribution is 5.92. The Balaban J connectivity index is 0.00000178. The summed E-state index contributed by atoms with van der Waals surface area (Å²) in [6.45, 7) is 17.8. The monoisotopic (exact) mass is 709 g/mol. The van der Waals surface area contributed by atoms with Crippen molar-refractivity contribution in [3.05, 3.63) is 118 Å². The average Bonchev–Trinajstić information content (AvgIpc) is 3.34. The molecule has 0 saturated heterocycles. The lowest BCUT2D eigenvalue weighted by Gasteiger charge is -2.19. The third-order valence-corrected chi connectivity index (χ3v) is 7.61. The Labute approximate surface area is 305 Å². The molecule has 0 fully saturated rings. The Kier molecular flexibility index (Phi) is 25.6. The first-order valence-corrected chi connectivity index (χ1v) is 18.0. The summed E-state index contributed by atoms with van der Waals surface area (Å²) in [5.41, 5.74) is 2.90. The largest absolute Gasteiger partial charge is 0.486 e. The van der Waals surface area contributed by atoms with Gasteiger partial charge in [0, 0.05) is 25.5 Å². The van der Waals surface area contributed by atoms with E-state index in [9.17, 15) is 14.4 Å². The van der Waals surface area contributed by atoms with Gasteiger partial charge in [-0.2, -0.15) is 0 Å². The van der Waals surface area contributed by atoms with Crippen LogP contribution in [0.3, 0.4) is 0 Å². The summed E-state index contributed by atoms with van der Waals surface area (Å²) < 4.78 is 34.0. The van der Waals surface area contributed by atoms with Gasteiger partial charge in [0.05, 0.1) is 13.7 Å². The summed E-state index contributed by atoms with van der Waals surface area (Å²) in [5.74, 6) is 0.795. The van der Waals surface area contributed by atoms with E-state index in [0.29, 0.717) is 36.5 Å². The molecule has 10 heteroatoms. The van der Waals surface area contributed by atoms with Crippen molar-refractivity contribution in [3.8, 4) is 0 Å². The molecule has 0 radical (unpaired) electrons. The summed E-state index contributed by atoms with van der Waals surface area (Å²) in [6, 6.07) is 7.84. The second-order valence-electron chi connectivity index (χ2n) is 11.1. The van der Waals surface area contributed by atoms with Gasteiger partial charge >= 0.3 is 0 Å². The molecule has 8 nitrogen and oxygen atoms in total. The number of allylic oxidation sites excluding steroid dienone is 8. The highest BCUT2D eigenvalue weighted by Crippen LogP contribution is 2.30. The van der Waals surface area contributed by atoms with E-state index in [0.717, 1.165) is 42.4 Å². The zero-order valence-electron chi connectivity index (χ0n) is 32.3. The van der Waals surface area contributed by atoms with Crippen molar-refractivity contribution in [2.45, 2.75) is 106 Å². The molecule has 0 saturated carbocycles. The van der Waals surface area contributed by atoms with Crippen LogP contribution in [0.2, 0.25) is 0 Å². The van der Waals surface area contributed by atoms with Crippen LogP contribution < -0.4 is 10.9 Å². The van der Waals surface area contributed by atoms with E-state index in [1.54, 1.807) is 42.0 Å². The molecule has 2 aromatic rings. The van der Waals surface area contributed by atoms with Crippen molar-refractivity contribution in [1.82, 2.24) is 9.55 Å². The van der Waals surface area contributed by atoms with Gasteiger partial charge in [-0.15, -0.1) is 6.58 Å². The number of anilines is 1. The Bertz CT molecular complexity index is 1500. The molecule has 0 amide bonds. The van der Waals surface area contributed by atoms with E-state index in [4.69, 9.17) is 4.74 Å². The van der Waals surface area contributed by atoms with Crippen LogP contribution in [0.25, 0.3) is 0 Å². The number of halogens is 2. The van der Waals surface area contributed by atoms with Crippen molar-refractivity contribution in [2.24, 2.45) is 16.1 Å². The van der Waals surface area contributed by atoms with Crippen LogP contribution >= 0.6 is 0 Å². The quantitative estimate of drug-likeness (QED) is 0.0479. The predicted molar refractivity (Wildman–Crippen MR) is 211 cm³/mol. The highest BCUT2D eigenvalue weighted by Gasteiger charge is 2.24. The van der Waals surface area contributed by atoms with Gasteiger partial charge in [0.25, 0.3) is 5.56 Å². The zero-order chi connectivity index (χ0) is 38.6. The molecular formula is C41H61F2N5O3. The number of nitrogens with one attached hydrogen (secondary N) is 1. The average molecular weight is 710 g/mol. The number of amidine groups is 1. The first-order valence-electron chi connectivity index (χ1n) is 18.0. The summed E-state index contributed by atoms with van der Waals surface area (Å²) in [6.07, 6.45) is 16.3. The molecule has 1 aliphatic carbocycles. The van der Waals surface area contributed by atoms with Gasteiger partial charge < -0.3 is 15.3 Å². The summed E-state index contributed by atoms with van der Waals surface area (Å²) in [4.78, 5) is 21.8. The number of aryl methyl sites for hydroxylation is 2. The van der Waals surface area contributed by atoms with Gasteiger partial charge in [-0.3, -0.25) is 9.36 Å². The third-order valence-electron chi connectivity index (χ3n) is 7.61. The molecule has 2 atom stereocenters. The highest BCUT2D eigenvalue weighted by atomic mass is 19.1. The fourth-order valence-electron chi connectivity index (χ4n) is 5.03. The Morgan fingerprint density at radius 3 is 2.39 bits per heavy atom. The van der Waals surface area contributed by atoms with E-state index in [1.165, 1.54) is 37.8 Å². The molecule has 1 aromatic carbocycles. The maximum Gasteiger partial charge on any atom is 0.255 e. The van der Waals surface area contributed by atoms with Crippen LogP contribution in [0, 0.1) is 18.7 Å². The molecule has 1 heterocycles. The number of nitrogens with zero attached hydrogens (tertiary/aromatic N) is 4. The van der Waals surface area contributed by atoms with Crippen molar-refractivity contribution < 1.29 is 18.7 Å². The van der Waals surface area contributed by atoms with Crippen LogP contribution in [-0.4, -0.2) is 47.3 Å². The fraction of sp³-hybridized carbons (Fsp3) is 0.463. The number of methoxy groups -OCH3 is 1. The number of oxime groups is 1. The van der Waals surface area contributed by atoms with Crippen molar-refractivity contribution in [1.29, 1.82) is 0 Å². The predicted octanol–water partition coefficient (Wildman–Crippen LogP) is 10.3. The summed E-state index contributed by atoms with van der Waals surface area (Å²) >= 11 is 0. The Morgan fingerprint density at radius 1 is 1.16 bits per heavy atom. The van der Waals surface area contributed by atoms with Crippen LogP contribution in [-0.2, 0) is 17.7 Å². The second-order valence-corrected chi connectivity index (χ2v) is 11.1. The minimum atomic E-state index is -1.38. The molecule has 1 aromatic heterocycles. The lowest BCUT2D eigenvalue weighted by atomic mass is 9.87. The van der Waals surface area contributed by atoms with E-state index >= 15 is 4.39 Å². The van der Waals surface area contributed by atoms with Crippen LogP contribution in [0.1, 0.15) is 91.5 Å². The molecule has 2 N–H and O–H groups in total. The minimum absolute atomic E-state index is 0.0980. The molecule has 2 unspecified atom stereocenters. The number of rotatable bonds is 15. The lowest BCUT2D eigenvalue weighted by molar-refractivity contribution is 0.314. The summed E-state index contributed by atoms with van der Waals surface area (Å²) in [7, 11) is 3.19. The molecular weight excluding hydrogens is 648 g/mol. The maximum absolute atomic E-state index is 15.4. The van der Waals surface area contributed by atoms with Gasteiger partial charge in [-0.25, -0.2) is 18.8 Å². The third kappa shape index (κ3) is 16.8. The van der Waals surface area contributed by atoms with Gasteiger partial charge in [0.2, 0.25) is 0 Å². The molecule has 0 aliphatic heterocycles. The van der Waals surface area contributed by atoms with Gasteiger partial charge in [0.1, 0.15) is 23.6 Å². The Morgan fingerprint density at radius 2 is 1.84 bits per heavy atom. The van der Waals surface area contributed by atoms with E-state index < -0.39 is 6.17 Å². The van der Waals surface area contributed by atoms with E-state index in [-0.39, 0.29) is 29.7 Å². The first kappa shape index (κ1) is 46.4. The van der Waals surface area contributed by atoms with E-state index in [2.05, 4.69) is 34.0 Å². The minimum Gasteiger partial charge on any atom is -0.486 e. The molecule has 282 valence electrons. The van der Waals surface area contributed by atoms with Gasteiger partial charge in [-0.1, -0.05) is 107 Å². The smallest absolute Gasteiger partial charge is 0.255 e. The SMILES string of the molecule is C=CCCC(/C(N=COC)=N/O)/C(=C\C)C1=CC=C(Cn2c(CCCCCC)nc(NC)cc2=O)C(F)C=C1.CC.CC.Cc1ccc(F)cc1. The number of hydrogen-bond donors (Lipinski definition) is 2. The second kappa shape index (κ2) is 28.1. The fourth-order valence-corrected chi connectivity index (χ4v) is 5.03. The molecule has 3 rings (SSSR count). The molecule has 51 heavy (non-hydrogen) atoms.